The van der Waals surface area contributed by atoms with E-state index in [9.17, 15) is 0 Å². The summed E-state index contributed by atoms with van der Waals surface area (Å²) in [6.45, 7) is 2.45. The lowest BCUT2D eigenvalue weighted by molar-refractivity contribution is 0.150. The molecule has 39 heavy (non-hydrogen) atoms. The number of allylic oxidation sites excluding steroid dienone is 8. The van der Waals surface area contributed by atoms with E-state index in [1.807, 2.05) is 0 Å². The Morgan fingerprint density at radius 2 is 1.38 bits per heavy atom. The quantitative estimate of drug-likeness (QED) is 0.360. The summed E-state index contributed by atoms with van der Waals surface area (Å²) in [6.07, 6.45) is 29.8. The van der Waals surface area contributed by atoms with Gasteiger partial charge in [0, 0.05) is 5.92 Å². The van der Waals surface area contributed by atoms with Crippen LogP contribution < -0.4 is 0 Å². The van der Waals surface area contributed by atoms with Crippen LogP contribution in [-0.2, 0) is 25.7 Å². The normalized spacial score (nSPS) is 29.9. The van der Waals surface area contributed by atoms with Crippen LogP contribution in [0, 0.1) is 29.6 Å². The summed E-state index contributed by atoms with van der Waals surface area (Å²) in [5, 5.41) is 0. The van der Waals surface area contributed by atoms with Crippen LogP contribution in [0.5, 0.6) is 0 Å². The lowest BCUT2D eigenvalue weighted by atomic mass is 9.69. The highest BCUT2D eigenvalue weighted by atomic mass is 14.4. The summed E-state index contributed by atoms with van der Waals surface area (Å²) < 4.78 is 0. The number of hydrogen-bond acceptors (Lipinski definition) is 0. The molecule has 2 aromatic carbocycles. The van der Waals surface area contributed by atoms with E-state index in [0.717, 1.165) is 30.1 Å². The Kier molecular flexibility index (Phi) is 7.23. The van der Waals surface area contributed by atoms with Crippen LogP contribution in [0.25, 0.3) is 5.57 Å². The summed E-state index contributed by atoms with van der Waals surface area (Å²) in [5.41, 5.74) is 12.0. The van der Waals surface area contributed by atoms with Gasteiger partial charge in [0.15, 0.2) is 0 Å². The van der Waals surface area contributed by atoms with Crippen LogP contribution in [0.3, 0.4) is 0 Å². The van der Waals surface area contributed by atoms with Crippen molar-refractivity contribution in [1.82, 2.24) is 0 Å². The zero-order valence-electron chi connectivity index (χ0n) is 24.0. The first-order valence-electron chi connectivity index (χ1n) is 16.2. The summed E-state index contributed by atoms with van der Waals surface area (Å²) in [6, 6.07) is 16.9. The molecule has 2 saturated carbocycles. The molecular formula is C39H46. The lowest BCUT2D eigenvalue weighted by Crippen LogP contribution is -2.25. The van der Waals surface area contributed by atoms with Crippen molar-refractivity contribution in [3.05, 3.63) is 112 Å². The maximum Gasteiger partial charge on any atom is 0.0281 e. The van der Waals surface area contributed by atoms with Gasteiger partial charge in [0.2, 0.25) is 0 Å². The van der Waals surface area contributed by atoms with Crippen LogP contribution in [0.2, 0.25) is 0 Å². The smallest absolute Gasteiger partial charge is 0.0281 e. The molecule has 0 aromatic heterocycles. The first-order chi connectivity index (χ1) is 19.2. The van der Waals surface area contributed by atoms with E-state index in [1.165, 1.54) is 105 Å². The van der Waals surface area contributed by atoms with Gasteiger partial charge in [0.1, 0.15) is 0 Å². The summed E-state index contributed by atoms with van der Waals surface area (Å²) in [7, 11) is 0. The molecule has 0 spiro atoms. The van der Waals surface area contributed by atoms with E-state index in [4.69, 9.17) is 0 Å². The van der Waals surface area contributed by atoms with Crippen LogP contribution in [0.1, 0.15) is 92.5 Å². The van der Waals surface area contributed by atoms with E-state index in [2.05, 4.69) is 79.8 Å². The maximum absolute atomic E-state index is 2.47. The molecule has 0 saturated heterocycles. The zero-order valence-corrected chi connectivity index (χ0v) is 24.0. The van der Waals surface area contributed by atoms with Crippen molar-refractivity contribution in [3.8, 4) is 0 Å². The molecule has 0 N–H and O–H groups in total. The predicted molar refractivity (Wildman–Crippen MR) is 166 cm³/mol. The second-order valence-corrected chi connectivity index (χ2v) is 13.6. The van der Waals surface area contributed by atoms with Gasteiger partial charge in [-0.25, -0.2) is 0 Å². The van der Waals surface area contributed by atoms with Crippen LogP contribution in [-0.4, -0.2) is 0 Å². The first-order valence-corrected chi connectivity index (χ1v) is 16.2. The molecule has 0 aliphatic heterocycles. The molecular weight excluding hydrogens is 468 g/mol. The Hall–Kier alpha value is -2.60. The minimum Gasteiger partial charge on any atom is -0.0726 e. The van der Waals surface area contributed by atoms with Gasteiger partial charge in [-0.3, -0.25) is 0 Å². The number of benzene rings is 2. The van der Waals surface area contributed by atoms with Gasteiger partial charge < -0.3 is 0 Å². The molecule has 0 amide bonds. The van der Waals surface area contributed by atoms with Crippen molar-refractivity contribution in [1.29, 1.82) is 0 Å². The average Bonchev–Trinajstić information content (AvgIpc) is 3.65. The van der Waals surface area contributed by atoms with E-state index in [0.29, 0.717) is 5.92 Å². The van der Waals surface area contributed by atoms with E-state index < -0.39 is 0 Å². The minimum atomic E-state index is 0.413. The Morgan fingerprint density at radius 1 is 0.667 bits per heavy atom. The molecule has 5 aliphatic rings. The van der Waals surface area contributed by atoms with Crippen molar-refractivity contribution in [2.24, 2.45) is 29.6 Å². The van der Waals surface area contributed by atoms with Gasteiger partial charge in [-0.2, -0.15) is 0 Å². The molecule has 0 heterocycles. The molecule has 0 nitrogen and oxygen atoms in total. The fraction of sp³-hybridized carbons (Fsp3) is 0.487. The maximum atomic E-state index is 2.47. The predicted octanol–water partition coefficient (Wildman–Crippen LogP) is 10.0. The molecule has 2 aromatic rings. The van der Waals surface area contributed by atoms with E-state index in [1.54, 1.807) is 16.7 Å². The highest BCUT2D eigenvalue weighted by Crippen LogP contribution is 2.43. The SMILES string of the molecule is CC1CCC(C2CCC(Cc3ccc(CC4=CC=C(c5ccc6c(c5)CCC6)C5C=CC=C45)cc3)CC2)CC1. The molecule has 1 unspecified atom stereocenters. The molecule has 2 fully saturated rings. The van der Waals surface area contributed by atoms with Gasteiger partial charge in [0.05, 0.1) is 0 Å². The van der Waals surface area contributed by atoms with Crippen LogP contribution in [0.4, 0.5) is 0 Å². The van der Waals surface area contributed by atoms with Gasteiger partial charge in [-0.1, -0.05) is 92.6 Å². The molecule has 202 valence electrons. The Labute approximate surface area is 237 Å². The molecule has 0 radical (unpaired) electrons. The van der Waals surface area contributed by atoms with Crippen LogP contribution in [0.15, 0.2) is 84.0 Å². The second kappa shape index (κ2) is 11.1. The third-order valence-electron chi connectivity index (χ3n) is 11.1. The third kappa shape index (κ3) is 5.41. The summed E-state index contributed by atoms with van der Waals surface area (Å²) in [4.78, 5) is 0. The number of hydrogen-bond donors (Lipinski definition) is 0. The minimum absolute atomic E-state index is 0.413. The zero-order chi connectivity index (χ0) is 26.2. The van der Waals surface area contributed by atoms with Crippen LogP contribution >= 0.6 is 0 Å². The number of aryl methyl sites for hydroxylation is 2. The second-order valence-electron chi connectivity index (χ2n) is 13.6. The standard InChI is InChI=1S/C39H46/c1-27-8-16-32(17-9-27)33-18-14-29(15-19-33)24-28-10-12-30(13-11-28)25-35-22-23-38(39-7-3-6-37(35)39)36-21-20-31-4-2-5-34(31)26-36/h3,6-7,10-13,20-23,26-27,29,32-33,39H,2,4-5,8-9,14-19,24-25H2,1H3. The Balaban J connectivity index is 0.970. The van der Waals surface area contributed by atoms with Crippen molar-refractivity contribution >= 4 is 5.57 Å². The third-order valence-corrected chi connectivity index (χ3v) is 11.1. The summed E-state index contributed by atoms with van der Waals surface area (Å²) in [5.74, 6) is 4.36. The lowest BCUT2D eigenvalue weighted by Gasteiger charge is -2.37. The Morgan fingerprint density at radius 3 is 2.18 bits per heavy atom. The van der Waals surface area contributed by atoms with Crippen molar-refractivity contribution in [3.63, 3.8) is 0 Å². The fourth-order valence-corrected chi connectivity index (χ4v) is 8.60. The van der Waals surface area contributed by atoms with Gasteiger partial charge in [-0.15, -0.1) is 0 Å². The topological polar surface area (TPSA) is 0 Å². The fourth-order valence-electron chi connectivity index (χ4n) is 8.60. The van der Waals surface area contributed by atoms with Crippen molar-refractivity contribution < 1.29 is 0 Å². The highest BCUT2D eigenvalue weighted by molar-refractivity contribution is 5.79. The van der Waals surface area contributed by atoms with Gasteiger partial charge in [0.25, 0.3) is 0 Å². The average molecular weight is 515 g/mol. The Bertz CT molecular complexity index is 1300. The van der Waals surface area contributed by atoms with Gasteiger partial charge in [-0.05, 0) is 139 Å². The highest BCUT2D eigenvalue weighted by Gasteiger charge is 2.30. The number of rotatable bonds is 6. The molecule has 1 atom stereocenters. The molecule has 5 aliphatic carbocycles. The van der Waals surface area contributed by atoms with Crippen molar-refractivity contribution in [2.75, 3.05) is 0 Å². The van der Waals surface area contributed by atoms with E-state index >= 15 is 0 Å². The van der Waals surface area contributed by atoms with Crippen molar-refractivity contribution in [2.45, 2.75) is 90.4 Å². The van der Waals surface area contributed by atoms with Gasteiger partial charge >= 0.3 is 0 Å². The molecule has 0 heteroatoms. The monoisotopic (exact) mass is 514 g/mol. The first kappa shape index (κ1) is 25.4. The largest absolute Gasteiger partial charge is 0.0726 e. The molecule has 7 rings (SSSR count). The van der Waals surface area contributed by atoms with E-state index in [-0.39, 0.29) is 0 Å². The molecule has 0 bridgehead atoms. The number of fused-ring (bicyclic) bond motifs is 2. The summed E-state index contributed by atoms with van der Waals surface area (Å²) >= 11 is 0.